The largest absolute Gasteiger partial charge is 0.453 e. The fraction of sp³-hybridized carbons (Fsp3) is 0.0667. The maximum Gasteiger partial charge on any atom is 0.413 e. The maximum absolute atomic E-state index is 12.4. The molecule has 1 aromatic heterocycles. The van der Waals surface area contributed by atoms with E-state index in [1.165, 1.54) is 37.4 Å². The predicted octanol–water partition coefficient (Wildman–Crippen LogP) is 3.16. The van der Waals surface area contributed by atoms with Crippen molar-refractivity contribution in [1.82, 2.24) is 9.97 Å². The molecule has 10 heteroatoms. The van der Waals surface area contributed by atoms with E-state index in [0.29, 0.717) is 16.1 Å². The van der Waals surface area contributed by atoms with Crippen LogP contribution in [0.2, 0.25) is 5.02 Å². The molecule has 0 bridgehead atoms. The second kappa shape index (κ2) is 6.61. The Balaban J connectivity index is 1.90. The second-order valence-corrected chi connectivity index (χ2v) is 6.86. The molecule has 0 saturated heterocycles. The number of rotatable bonds is 4. The fourth-order valence-corrected chi connectivity index (χ4v) is 3.17. The first-order chi connectivity index (χ1) is 11.9. The van der Waals surface area contributed by atoms with Crippen LogP contribution in [-0.4, -0.2) is 31.6 Å². The number of aromatic amines is 1. The monoisotopic (exact) mass is 381 g/mol. The number of imidazole rings is 1. The number of nitrogens with one attached hydrogen (secondary N) is 2. The number of H-pyrrole nitrogens is 1. The zero-order chi connectivity index (χ0) is 18.0. The molecule has 0 atom stereocenters. The topological polar surface area (TPSA) is 110 Å². The van der Waals surface area contributed by atoms with E-state index in [-0.39, 0.29) is 16.6 Å². The van der Waals surface area contributed by atoms with Gasteiger partial charge in [-0.2, -0.15) is 8.42 Å². The third-order valence-electron chi connectivity index (χ3n) is 3.15. The SMILES string of the molecule is COC(=O)Nc1nc2cc(S(=O)(=O)Oc3cccc(Cl)c3)ccc2[nH]1. The molecule has 2 aromatic carbocycles. The molecule has 0 aliphatic carbocycles. The Kier molecular flexibility index (Phi) is 4.51. The number of hydrogen-bond acceptors (Lipinski definition) is 6. The third-order valence-corrected chi connectivity index (χ3v) is 4.63. The highest BCUT2D eigenvalue weighted by atomic mass is 35.5. The van der Waals surface area contributed by atoms with Crippen molar-refractivity contribution in [2.24, 2.45) is 0 Å². The zero-order valence-corrected chi connectivity index (χ0v) is 14.4. The summed E-state index contributed by atoms with van der Waals surface area (Å²) in [5, 5.41) is 2.72. The average molecular weight is 382 g/mol. The summed E-state index contributed by atoms with van der Waals surface area (Å²) in [6.07, 6.45) is -0.698. The maximum atomic E-state index is 12.4. The summed E-state index contributed by atoms with van der Waals surface area (Å²) in [5.74, 6) is 0.231. The minimum Gasteiger partial charge on any atom is -0.453 e. The van der Waals surface area contributed by atoms with E-state index in [0.717, 1.165) is 0 Å². The minimum absolute atomic E-state index is 0.0870. The summed E-state index contributed by atoms with van der Waals surface area (Å²) in [6, 6.07) is 10.3. The molecule has 2 N–H and O–H groups in total. The Morgan fingerprint density at radius 1 is 1.24 bits per heavy atom. The standard InChI is InChI=1S/C15H12ClN3O5S/c1-23-15(20)19-14-17-12-6-5-11(8-13(12)18-14)25(21,22)24-10-4-2-3-9(16)7-10/h2-8H,1H3,(H2,17,18,19,20). The summed E-state index contributed by atoms with van der Waals surface area (Å²) in [5.41, 5.74) is 0.871. The summed E-state index contributed by atoms with van der Waals surface area (Å²) in [4.78, 5) is 18.0. The van der Waals surface area contributed by atoms with Crippen LogP contribution in [0.25, 0.3) is 11.0 Å². The number of hydrogen-bond donors (Lipinski definition) is 2. The van der Waals surface area contributed by atoms with Crippen LogP contribution in [-0.2, 0) is 14.9 Å². The van der Waals surface area contributed by atoms with Gasteiger partial charge in [0.1, 0.15) is 10.6 Å². The number of aromatic nitrogens is 2. The molecule has 1 heterocycles. The number of benzene rings is 2. The molecule has 0 unspecified atom stereocenters. The molecule has 3 aromatic rings. The van der Waals surface area contributed by atoms with Crippen LogP contribution < -0.4 is 9.50 Å². The molecular formula is C15H12ClN3O5S. The molecule has 1 amide bonds. The summed E-state index contributed by atoms with van der Waals surface area (Å²) >= 11 is 5.82. The van der Waals surface area contributed by atoms with Crippen molar-refractivity contribution >= 4 is 44.8 Å². The van der Waals surface area contributed by atoms with Gasteiger partial charge in [0.25, 0.3) is 0 Å². The van der Waals surface area contributed by atoms with Crippen molar-refractivity contribution in [3.05, 3.63) is 47.5 Å². The van der Waals surface area contributed by atoms with Crippen molar-refractivity contribution < 1.29 is 22.1 Å². The highest BCUT2D eigenvalue weighted by Crippen LogP contribution is 2.24. The Hall–Kier alpha value is -2.78. The molecule has 0 saturated carbocycles. The zero-order valence-electron chi connectivity index (χ0n) is 12.8. The lowest BCUT2D eigenvalue weighted by molar-refractivity contribution is 0.186. The van der Waals surface area contributed by atoms with Gasteiger partial charge in [-0.15, -0.1) is 0 Å². The lowest BCUT2D eigenvalue weighted by Gasteiger charge is -2.07. The van der Waals surface area contributed by atoms with Crippen molar-refractivity contribution in [2.75, 3.05) is 12.4 Å². The van der Waals surface area contributed by atoms with Crippen LogP contribution in [0, 0.1) is 0 Å². The molecule has 0 spiro atoms. The smallest absolute Gasteiger partial charge is 0.413 e. The summed E-state index contributed by atoms with van der Waals surface area (Å²) in [6.45, 7) is 0. The number of methoxy groups -OCH3 is 1. The molecule has 0 aliphatic heterocycles. The molecular weight excluding hydrogens is 370 g/mol. The second-order valence-electron chi connectivity index (χ2n) is 4.88. The van der Waals surface area contributed by atoms with Gasteiger partial charge in [0.2, 0.25) is 5.95 Å². The molecule has 0 radical (unpaired) electrons. The van der Waals surface area contributed by atoms with E-state index in [1.807, 2.05) is 0 Å². The Bertz CT molecular complexity index is 1050. The Morgan fingerprint density at radius 2 is 2.04 bits per heavy atom. The highest BCUT2D eigenvalue weighted by Gasteiger charge is 2.18. The quantitative estimate of drug-likeness (QED) is 0.671. The number of halogens is 1. The van der Waals surface area contributed by atoms with Gasteiger partial charge in [0, 0.05) is 11.1 Å². The number of carbonyl (C=O) groups excluding carboxylic acids is 1. The van der Waals surface area contributed by atoms with Crippen molar-refractivity contribution in [1.29, 1.82) is 0 Å². The van der Waals surface area contributed by atoms with E-state index in [4.69, 9.17) is 15.8 Å². The van der Waals surface area contributed by atoms with Crippen LogP contribution in [0.1, 0.15) is 0 Å². The molecule has 130 valence electrons. The van der Waals surface area contributed by atoms with Gasteiger partial charge in [0.05, 0.1) is 18.1 Å². The fourth-order valence-electron chi connectivity index (χ4n) is 2.04. The van der Waals surface area contributed by atoms with Crippen molar-refractivity contribution in [2.45, 2.75) is 4.90 Å². The van der Waals surface area contributed by atoms with Gasteiger partial charge >= 0.3 is 16.2 Å². The van der Waals surface area contributed by atoms with E-state index >= 15 is 0 Å². The normalized spacial score (nSPS) is 11.3. The number of carbonyl (C=O) groups is 1. The van der Waals surface area contributed by atoms with Gasteiger partial charge in [0.15, 0.2) is 0 Å². The Labute approximate surface area is 147 Å². The van der Waals surface area contributed by atoms with Gasteiger partial charge in [-0.1, -0.05) is 17.7 Å². The molecule has 8 nitrogen and oxygen atoms in total. The highest BCUT2D eigenvalue weighted by molar-refractivity contribution is 7.87. The first kappa shape index (κ1) is 17.1. The molecule has 3 rings (SSSR count). The lowest BCUT2D eigenvalue weighted by Crippen LogP contribution is -2.11. The molecule has 0 fully saturated rings. The number of anilines is 1. The van der Waals surface area contributed by atoms with Crippen LogP contribution in [0.5, 0.6) is 5.75 Å². The molecule has 25 heavy (non-hydrogen) atoms. The number of nitrogens with zero attached hydrogens (tertiary/aromatic N) is 1. The number of amides is 1. The van der Waals surface area contributed by atoms with E-state index in [9.17, 15) is 13.2 Å². The number of ether oxygens (including phenoxy) is 1. The van der Waals surface area contributed by atoms with Crippen LogP contribution in [0.4, 0.5) is 10.7 Å². The number of fused-ring (bicyclic) bond motifs is 1. The van der Waals surface area contributed by atoms with Crippen LogP contribution in [0.3, 0.4) is 0 Å². The third kappa shape index (κ3) is 3.83. The van der Waals surface area contributed by atoms with E-state index in [1.54, 1.807) is 12.1 Å². The van der Waals surface area contributed by atoms with Crippen LogP contribution in [0.15, 0.2) is 47.4 Å². The van der Waals surface area contributed by atoms with Crippen molar-refractivity contribution in [3.63, 3.8) is 0 Å². The predicted molar refractivity (Wildman–Crippen MR) is 91.4 cm³/mol. The van der Waals surface area contributed by atoms with Gasteiger partial charge < -0.3 is 13.9 Å². The summed E-state index contributed by atoms with van der Waals surface area (Å²) < 4.78 is 34.3. The molecule has 0 aliphatic rings. The van der Waals surface area contributed by atoms with Crippen LogP contribution >= 0.6 is 11.6 Å². The Morgan fingerprint density at radius 3 is 2.76 bits per heavy atom. The van der Waals surface area contributed by atoms with Gasteiger partial charge in [-0.3, -0.25) is 5.32 Å². The van der Waals surface area contributed by atoms with Crippen molar-refractivity contribution in [3.8, 4) is 5.75 Å². The minimum atomic E-state index is -4.06. The van der Waals surface area contributed by atoms with Gasteiger partial charge in [-0.05, 0) is 30.3 Å². The van der Waals surface area contributed by atoms with E-state index in [2.05, 4.69) is 20.0 Å². The van der Waals surface area contributed by atoms with Gasteiger partial charge in [-0.25, -0.2) is 9.78 Å². The summed E-state index contributed by atoms with van der Waals surface area (Å²) in [7, 11) is -2.85. The lowest BCUT2D eigenvalue weighted by atomic mass is 10.3. The first-order valence-electron chi connectivity index (χ1n) is 6.92. The van der Waals surface area contributed by atoms with E-state index < -0.39 is 16.2 Å². The first-order valence-corrected chi connectivity index (χ1v) is 8.71. The average Bonchev–Trinajstić information content (AvgIpc) is 2.95.